The highest BCUT2D eigenvalue weighted by molar-refractivity contribution is 7.92. The summed E-state index contributed by atoms with van der Waals surface area (Å²) in [6.07, 6.45) is -1.68. The molecule has 0 aromatic carbocycles. The number of aromatic nitrogens is 3. The molecule has 3 heterocycles. The van der Waals surface area contributed by atoms with Gasteiger partial charge >= 0.3 is 6.18 Å². The highest BCUT2D eigenvalue weighted by Crippen LogP contribution is 2.34. The number of pyridine rings is 1. The summed E-state index contributed by atoms with van der Waals surface area (Å²) in [4.78, 5) is 36.6. The predicted octanol–water partition coefficient (Wildman–Crippen LogP) is 1.80. The lowest BCUT2D eigenvalue weighted by atomic mass is 10.1. The fraction of sp³-hybridized carbons (Fsp3) is 0.500. The number of sulfonamides is 1. The van der Waals surface area contributed by atoms with Gasteiger partial charge in [0.15, 0.2) is 0 Å². The molecule has 1 aliphatic rings. The van der Waals surface area contributed by atoms with E-state index in [-0.39, 0.29) is 48.5 Å². The number of alkyl halides is 3. The van der Waals surface area contributed by atoms with E-state index in [9.17, 15) is 31.2 Å². The molecule has 4 N–H and O–H groups in total. The molecule has 0 saturated carbocycles. The number of nitrogens with zero attached hydrogens (tertiary/aromatic N) is 4. The van der Waals surface area contributed by atoms with Crippen LogP contribution in [-0.4, -0.2) is 71.5 Å². The Balaban J connectivity index is 1.70. The van der Waals surface area contributed by atoms with Gasteiger partial charge in [-0.2, -0.15) is 18.2 Å². The van der Waals surface area contributed by atoms with Gasteiger partial charge in [-0.15, -0.1) is 0 Å². The molecule has 2 amide bonds. The Morgan fingerprint density at radius 3 is 2.50 bits per heavy atom. The Kier molecular flexibility index (Phi) is 9.30. The molecule has 0 bridgehead atoms. The first-order valence-corrected chi connectivity index (χ1v) is 13.4. The van der Waals surface area contributed by atoms with E-state index in [2.05, 4.69) is 35.6 Å². The second kappa shape index (κ2) is 12.2. The minimum atomic E-state index is -4.73. The minimum Gasteiger partial charge on any atom is -0.365 e. The number of halogens is 3. The van der Waals surface area contributed by atoms with Crippen LogP contribution in [0, 0.1) is 0 Å². The van der Waals surface area contributed by atoms with Crippen LogP contribution in [-0.2, 0) is 32.3 Å². The van der Waals surface area contributed by atoms with E-state index in [1.807, 2.05) is 0 Å². The Morgan fingerprint density at radius 2 is 1.87 bits per heavy atom. The Bertz CT molecular complexity index is 1250. The molecule has 12 nitrogen and oxygen atoms in total. The van der Waals surface area contributed by atoms with Crippen molar-refractivity contribution in [2.45, 2.75) is 45.5 Å². The third-order valence-corrected chi connectivity index (χ3v) is 7.00. The van der Waals surface area contributed by atoms with E-state index in [0.717, 1.165) is 0 Å². The highest BCUT2D eigenvalue weighted by atomic mass is 32.2. The minimum absolute atomic E-state index is 0.00243. The average Bonchev–Trinajstić information content (AvgIpc) is 2.86. The second-order valence-electron chi connectivity index (χ2n) is 8.53. The fourth-order valence-electron chi connectivity index (χ4n) is 3.63. The molecule has 2 aromatic rings. The molecule has 1 fully saturated rings. The van der Waals surface area contributed by atoms with Crippen LogP contribution in [0.3, 0.4) is 0 Å². The maximum atomic E-state index is 13.6. The third kappa shape index (κ3) is 8.16. The molecule has 16 heteroatoms. The van der Waals surface area contributed by atoms with Gasteiger partial charge in [0, 0.05) is 50.6 Å². The number of nitrogens with one attached hydrogen (secondary N) is 4. The molecular weight excluding hydrogens is 529 g/mol. The van der Waals surface area contributed by atoms with Crippen molar-refractivity contribution in [3.63, 3.8) is 0 Å². The zero-order chi connectivity index (χ0) is 27.9. The van der Waals surface area contributed by atoms with Gasteiger partial charge < -0.3 is 20.9 Å². The molecule has 38 heavy (non-hydrogen) atoms. The smallest absolute Gasteiger partial charge is 0.365 e. The SMILES string of the molecule is CCS(=O)(=O)Nc1ncccc1CNc1nc(NC2CCN(C(=O)CNC(C)=O)CC2)ncc1C(F)(F)F. The quantitative estimate of drug-likeness (QED) is 0.341. The molecule has 1 saturated heterocycles. The number of carbonyl (C=O) groups excluding carboxylic acids is 2. The number of likely N-dealkylation sites (tertiary alicyclic amines) is 1. The van der Waals surface area contributed by atoms with Crippen LogP contribution >= 0.6 is 0 Å². The zero-order valence-electron chi connectivity index (χ0n) is 20.8. The van der Waals surface area contributed by atoms with E-state index in [4.69, 9.17) is 0 Å². The summed E-state index contributed by atoms with van der Waals surface area (Å²) in [5.74, 6) is -1.22. The van der Waals surface area contributed by atoms with Crippen molar-refractivity contribution in [1.29, 1.82) is 0 Å². The third-order valence-electron chi connectivity index (χ3n) is 5.73. The lowest BCUT2D eigenvalue weighted by Gasteiger charge is -2.32. The van der Waals surface area contributed by atoms with E-state index in [0.29, 0.717) is 37.7 Å². The van der Waals surface area contributed by atoms with Crippen molar-refractivity contribution in [1.82, 2.24) is 25.2 Å². The molecule has 0 radical (unpaired) electrons. The molecule has 0 aliphatic carbocycles. The largest absolute Gasteiger partial charge is 0.421 e. The van der Waals surface area contributed by atoms with Gasteiger partial charge in [0.2, 0.25) is 27.8 Å². The molecule has 208 valence electrons. The molecule has 0 spiro atoms. The van der Waals surface area contributed by atoms with Gasteiger partial charge in [-0.1, -0.05) is 6.07 Å². The van der Waals surface area contributed by atoms with Crippen LogP contribution in [0.4, 0.5) is 30.8 Å². The summed E-state index contributed by atoms with van der Waals surface area (Å²) in [5.41, 5.74) is -0.761. The number of rotatable bonds is 10. The van der Waals surface area contributed by atoms with E-state index in [1.165, 1.54) is 32.2 Å². The van der Waals surface area contributed by atoms with Gasteiger partial charge in [-0.05, 0) is 25.8 Å². The standard InChI is InChI=1S/C22H29F3N8O4S/c1-3-38(36,37)32-19-15(5-4-8-26-19)11-28-20-17(22(23,24)25)12-29-21(31-20)30-16-6-9-33(10-7-16)18(35)13-27-14(2)34/h4-5,8,12,16H,3,6-7,9-11,13H2,1-2H3,(H,26,32)(H,27,34)(H2,28,29,30,31). The maximum Gasteiger partial charge on any atom is 0.421 e. The van der Waals surface area contributed by atoms with Gasteiger partial charge in [0.25, 0.3) is 0 Å². The van der Waals surface area contributed by atoms with Crippen molar-refractivity contribution < 1.29 is 31.2 Å². The van der Waals surface area contributed by atoms with Gasteiger partial charge in [-0.3, -0.25) is 14.3 Å². The van der Waals surface area contributed by atoms with Crippen molar-refractivity contribution in [3.05, 3.63) is 35.7 Å². The lowest BCUT2D eigenvalue weighted by Crippen LogP contribution is -2.46. The highest BCUT2D eigenvalue weighted by Gasteiger charge is 2.35. The summed E-state index contributed by atoms with van der Waals surface area (Å²) in [6.45, 7) is 3.28. The molecule has 1 aliphatic heterocycles. The van der Waals surface area contributed by atoms with E-state index >= 15 is 0 Å². The van der Waals surface area contributed by atoms with Crippen molar-refractivity contribution in [2.75, 3.05) is 40.7 Å². The molecular formula is C22H29F3N8O4S. The first kappa shape index (κ1) is 28.9. The summed E-state index contributed by atoms with van der Waals surface area (Å²) in [6, 6.07) is 2.88. The molecule has 3 rings (SSSR count). The summed E-state index contributed by atoms with van der Waals surface area (Å²) >= 11 is 0. The van der Waals surface area contributed by atoms with Gasteiger partial charge in [-0.25, -0.2) is 18.4 Å². The van der Waals surface area contributed by atoms with E-state index in [1.54, 1.807) is 4.90 Å². The number of hydrogen-bond acceptors (Lipinski definition) is 9. The van der Waals surface area contributed by atoms with Crippen molar-refractivity contribution in [3.8, 4) is 0 Å². The number of carbonyl (C=O) groups is 2. The normalized spacial score (nSPS) is 14.6. The summed E-state index contributed by atoms with van der Waals surface area (Å²) < 4.78 is 67.1. The number of piperidine rings is 1. The maximum absolute atomic E-state index is 13.6. The van der Waals surface area contributed by atoms with Crippen LogP contribution in [0.1, 0.15) is 37.8 Å². The lowest BCUT2D eigenvalue weighted by molar-refractivity contribution is -0.137. The Morgan fingerprint density at radius 1 is 1.16 bits per heavy atom. The number of anilines is 3. The summed E-state index contributed by atoms with van der Waals surface area (Å²) in [7, 11) is -3.65. The fourth-order valence-corrected chi connectivity index (χ4v) is 4.26. The summed E-state index contributed by atoms with van der Waals surface area (Å²) in [5, 5.41) is 8.10. The Hall–Kier alpha value is -3.69. The van der Waals surface area contributed by atoms with E-state index < -0.39 is 27.6 Å². The van der Waals surface area contributed by atoms with Crippen LogP contribution in [0.15, 0.2) is 24.5 Å². The van der Waals surface area contributed by atoms with Crippen molar-refractivity contribution >= 4 is 39.4 Å². The van der Waals surface area contributed by atoms with Crippen LogP contribution in [0.5, 0.6) is 0 Å². The first-order chi connectivity index (χ1) is 17.9. The predicted molar refractivity (Wildman–Crippen MR) is 134 cm³/mol. The molecule has 0 unspecified atom stereocenters. The van der Waals surface area contributed by atoms with Gasteiger partial charge in [0.05, 0.1) is 12.3 Å². The monoisotopic (exact) mass is 558 g/mol. The Labute approximate surface area is 217 Å². The molecule has 0 atom stereocenters. The van der Waals surface area contributed by atoms with Crippen LogP contribution < -0.4 is 20.7 Å². The number of hydrogen-bond donors (Lipinski definition) is 4. The van der Waals surface area contributed by atoms with Gasteiger partial charge in [0.1, 0.15) is 17.2 Å². The van der Waals surface area contributed by atoms with Crippen molar-refractivity contribution in [2.24, 2.45) is 0 Å². The molecule has 2 aromatic heterocycles. The average molecular weight is 559 g/mol. The second-order valence-corrected chi connectivity index (χ2v) is 10.5. The van der Waals surface area contributed by atoms with Crippen LogP contribution in [0.25, 0.3) is 0 Å². The topological polar surface area (TPSA) is 158 Å². The number of amides is 2. The zero-order valence-corrected chi connectivity index (χ0v) is 21.6. The van der Waals surface area contributed by atoms with Crippen LogP contribution in [0.2, 0.25) is 0 Å². The first-order valence-electron chi connectivity index (χ1n) is 11.8.